The van der Waals surface area contributed by atoms with Crippen LogP contribution in [0.1, 0.15) is 19.3 Å². The minimum Gasteiger partial charge on any atom is -0.374 e. The zero-order valence-corrected chi connectivity index (χ0v) is 12.3. The van der Waals surface area contributed by atoms with Crippen LogP contribution in [0.4, 0.5) is 0 Å². The van der Waals surface area contributed by atoms with Gasteiger partial charge in [0, 0.05) is 32.7 Å². The third-order valence-corrected chi connectivity index (χ3v) is 3.86. The normalized spacial score (nSPS) is 25.8. The number of rotatable bonds is 4. The van der Waals surface area contributed by atoms with Gasteiger partial charge in [0.25, 0.3) is 0 Å². The maximum Gasteiger partial charge on any atom is 0.236 e. The fourth-order valence-electron chi connectivity index (χ4n) is 2.88. The van der Waals surface area contributed by atoms with Crippen LogP contribution < -0.4 is 0 Å². The molecule has 0 N–H and O–H groups in total. The Morgan fingerprint density at radius 1 is 1.21 bits per heavy atom. The first-order chi connectivity index (χ1) is 9.15. The Morgan fingerprint density at radius 2 is 1.95 bits per heavy atom. The summed E-state index contributed by atoms with van der Waals surface area (Å²) in [6.07, 6.45) is 3.83. The second-order valence-electron chi connectivity index (χ2n) is 5.93. The van der Waals surface area contributed by atoms with Crippen LogP contribution in [0.25, 0.3) is 0 Å². The first-order valence-corrected chi connectivity index (χ1v) is 7.41. The molecular weight excluding hydrogens is 242 g/mol. The average molecular weight is 269 g/mol. The van der Waals surface area contributed by atoms with Gasteiger partial charge < -0.3 is 14.5 Å². The van der Waals surface area contributed by atoms with Gasteiger partial charge in [-0.1, -0.05) is 0 Å². The highest BCUT2D eigenvalue weighted by Gasteiger charge is 2.25. The molecule has 5 nitrogen and oxygen atoms in total. The Morgan fingerprint density at radius 3 is 2.63 bits per heavy atom. The molecule has 0 radical (unpaired) electrons. The zero-order chi connectivity index (χ0) is 13.7. The number of hydrogen-bond donors (Lipinski definition) is 0. The molecule has 1 amide bonds. The van der Waals surface area contributed by atoms with Crippen molar-refractivity contribution in [1.29, 1.82) is 0 Å². The molecule has 2 aliphatic heterocycles. The molecule has 1 atom stereocenters. The number of likely N-dealkylation sites (tertiary alicyclic amines) is 1. The summed E-state index contributed by atoms with van der Waals surface area (Å²) in [4.78, 5) is 18.6. The van der Waals surface area contributed by atoms with E-state index in [1.165, 1.54) is 6.42 Å². The van der Waals surface area contributed by atoms with Gasteiger partial charge in [-0.25, -0.2) is 0 Å². The van der Waals surface area contributed by atoms with Crippen molar-refractivity contribution in [3.63, 3.8) is 0 Å². The summed E-state index contributed by atoms with van der Waals surface area (Å²) in [6, 6.07) is 0. The van der Waals surface area contributed by atoms with E-state index in [1.807, 2.05) is 4.90 Å². The van der Waals surface area contributed by atoms with E-state index in [9.17, 15) is 4.79 Å². The molecule has 19 heavy (non-hydrogen) atoms. The standard InChI is InChI=1S/C14H27N3O2/c1-15(2)10-13-11-16(8-9-19-13)12-14(18)17-6-4-3-5-7-17/h13H,3-12H2,1-2H3. The third-order valence-electron chi connectivity index (χ3n) is 3.86. The van der Waals surface area contributed by atoms with E-state index in [4.69, 9.17) is 4.74 Å². The largest absolute Gasteiger partial charge is 0.374 e. The molecular formula is C14H27N3O2. The van der Waals surface area contributed by atoms with Gasteiger partial charge in [0.1, 0.15) is 0 Å². The average Bonchev–Trinajstić information content (AvgIpc) is 2.39. The van der Waals surface area contributed by atoms with E-state index in [1.54, 1.807) is 0 Å². The van der Waals surface area contributed by atoms with Crippen molar-refractivity contribution in [2.75, 3.05) is 60.0 Å². The summed E-state index contributed by atoms with van der Waals surface area (Å²) in [5.74, 6) is 0.296. The molecule has 2 heterocycles. The first-order valence-electron chi connectivity index (χ1n) is 7.41. The van der Waals surface area contributed by atoms with Crippen LogP contribution in [0.2, 0.25) is 0 Å². The molecule has 0 aromatic rings. The Labute approximate surface area is 116 Å². The monoisotopic (exact) mass is 269 g/mol. The fourth-order valence-corrected chi connectivity index (χ4v) is 2.88. The smallest absolute Gasteiger partial charge is 0.236 e. The molecule has 2 saturated heterocycles. The summed E-state index contributed by atoms with van der Waals surface area (Å²) in [5, 5.41) is 0. The van der Waals surface area contributed by atoms with Crippen molar-refractivity contribution in [2.24, 2.45) is 0 Å². The molecule has 1 unspecified atom stereocenters. The quantitative estimate of drug-likeness (QED) is 0.733. The van der Waals surface area contributed by atoms with Gasteiger partial charge in [0.05, 0.1) is 19.3 Å². The molecule has 0 aromatic heterocycles. The van der Waals surface area contributed by atoms with Gasteiger partial charge in [-0.05, 0) is 33.4 Å². The van der Waals surface area contributed by atoms with Gasteiger partial charge in [-0.3, -0.25) is 9.69 Å². The molecule has 0 bridgehead atoms. The maximum absolute atomic E-state index is 12.2. The molecule has 0 aliphatic carbocycles. The Balaban J connectivity index is 1.76. The van der Waals surface area contributed by atoms with Crippen LogP contribution in [0.5, 0.6) is 0 Å². The maximum atomic E-state index is 12.2. The Kier molecular flexibility index (Phi) is 5.60. The van der Waals surface area contributed by atoms with E-state index < -0.39 is 0 Å². The number of nitrogens with zero attached hydrogens (tertiary/aromatic N) is 3. The Hall–Kier alpha value is -0.650. The lowest BCUT2D eigenvalue weighted by Gasteiger charge is -2.35. The van der Waals surface area contributed by atoms with Gasteiger partial charge in [-0.15, -0.1) is 0 Å². The number of likely N-dealkylation sites (N-methyl/N-ethyl adjacent to an activating group) is 1. The number of amides is 1. The van der Waals surface area contributed by atoms with Crippen molar-refractivity contribution in [3.8, 4) is 0 Å². The topological polar surface area (TPSA) is 36.0 Å². The van der Waals surface area contributed by atoms with Crippen LogP contribution in [-0.4, -0.2) is 86.7 Å². The van der Waals surface area contributed by atoms with Gasteiger partial charge in [0.15, 0.2) is 0 Å². The fraction of sp³-hybridized carbons (Fsp3) is 0.929. The molecule has 110 valence electrons. The summed E-state index contributed by atoms with van der Waals surface area (Å²) < 4.78 is 5.74. The summed E-state index contributed by atoms with van der Waals surface area (Å²) in [6.45, 7) is 5.88. The van der Waals surface area contributed by atoms with Gasteiger partial charge in [0.2, 0.25) is 5.91 Å². The molecule has 2 rings (SSSR count). The molecule has 0 aromatic carbocycles. The van der Waals surface area contributed by atoms with Crippen molar-refractivity contribution >= 4 is 5.91 Å². The number of carbonyl (C=O) groups is 1. The lowest BCUT2D eigenvalue weighted by molar-refractivity contribution is -0.135. The molecule has 0 saturated carbocycles. The van der Waals surface area contributed by atoms with Gasteiger partial charge >= 0.3 is 0 Å². The number of ether oxygens (including phenoxy) is 1. The van der Waals surface area contributed by atoms with Crippen LogP contribution in [0, 0.1) is 0 Å². The van der Waals surface area contributed by atoms with Crippen molar-refractivity contribution in [3.05, 3.63) is 0 Å². The van der Waals surface area contributed by atoms with Crippen molar-refractivity contribution < 1.29 is 9.53 Å². The van der Waals surface area contributed by atoms with Crippen LogP contribution in [-0.2, 0) is 9.53 Å². The van der Waals surface area contributed by atoms with E-state index in [0.717, 1.165) is 52.2 Å². The van der Waals surface area contributed by atoms with Crippen molar-refractivity contribution in [2.45, 2.75) is 25.4 Å². The second-order valence-corrected chi connectivity index (χ2v) is 5.93. The predicted molar refractivity (Wildman–Crippen MR) is 75.2 cm³/mol. The summed E-state index contributed by atoms with van der Waals surface area (Å²) >= 11 is 0. The SMILES string of the molecule is CN(C)CC1CN(CC(=O)N2CCCCC2)CCO1. The highest BCUT2D eigenvalue weighted by molar-refractivity contribution is 5.78. The number of morpholine rings is 1. The minimum absolute atomic E-state index is 0.234. The highest BCUT2D eigenvalue weighted by Crippen LogP contribution is 2.11. The molecule has 2 aliphatic rings. The first kappa shape index (κ1) is 14.8. The number of carbonyl (C=O) groups excluding carboxylic acids is 1. The number of piperidine rings is 1. The van der Waals surface area contributed by atoms with Gasteiger partial charge in [-0.2, -0.15) is 0 Å². The predicted octanol–water partition coefficient (Wildman–Crippen LogP) is 0.261. The number of hydrogen-bond acceptors (Lipinski definition) is 4. The molecule has 0 spiro atoms. The summed E-state index contributed by atoms with van der Waals surface area (Å²) in [5.41, 5.74) is 0. The third kappa shape index (κ3) is 4.75. The summed E-state index contributed by atoms with van der Waals surface area (Å²) in [7, 11) is 4.11. The van der Waals surface area contributed by atoms with Crippen LogP contribution in [0.3, 0.4) is 0 Å². The van der Waals surface area contributed by atoms with Crippen LogP contribution >= 0.6 is 0 Å². The van der Waals surface area contributed by atoms with Crippen LogP contribution in [0.15, 0.2) is 0 Å². The van der Waals surface area contributed by atoms with E-state index in [-0.39, 0.29) is 6.10 Å². The van der Waals surface area contributed by atoms with E-state index in [2.05, 4.69) is 23.9 Å². The molecule has 2 fully saturated rings. The van der Waals surface area contributed by atoms with E-state index in [0.29, 0.717) is 12.5 Å². The lowest BCUT2D eigenvalue weighted by atomic mass is 10.1. The zero-order valence-electron chi connectivity index (χ0n) is 12.3. The molecule has 5 heteroatoms. The van der Waals surface area contributed by atoms with Crippen molar-refractivity contribution in [1.82, 2.24) is 14.7 Å². The highest BCUT2D eigenvalue weighted by atomic mass is 16.5. The Bertz CT molecular complexity index is 290. The minimum atomic E-state index is 0.234. The lowest BCUT2D eigenvalue weighted by Crippen LogP contribution is -2.50. The van der Waals surface area contributed by atoms with E-state index >= 15 is 0 Å². The second kappa shape index (κ2) is 7.22.